The van der Waals surface area contributed by atoms with Crippen molar-refractivity contribution < 1.29 is 13.2 Å². The van der Waals surface area contributed by atoms with E-state index in [1.54, 1.807) is 0 Å². The smallest absolute Gasteiger partial charge is 0.280 e. The number of nitrogens with zero attached hydrogens (tertiary/aromatic N) is 2. The zero-order chi connectivity index (χ0) is 19.6. The van der Waals surface area contributed by atoms with E-state index in [0.717, 1.165) is 5.56 Å². The van der Waals surface area contributed by atoms with Crippen LogP contribution in [0.25, 0.3) is 5.69 Å². The SMILES string of the molecule is Cc1ccc(-n2ccc(=O)c(C(=O)Nc3ccc(S(N)(=O)=O)cc3)n2)cc1. The van der Waals surface area contributed by atoms with Crippen molar-refractivity contribution in [2.24, 2.45) is 5.14 Å². The largest absolute Gasteiger partial charge is 0.320 e. The maximum Gasteiger partial charge on any atom is 0.280 e. The first kappa shape index (κ1) is 18.5. The van der Waals surface area contributed by atoms with E-state index in [0.29, 0.717) is 11.4 Å². The molecule has 0 saturated heterocycles. The first-order valence-electron chi connectivity index (χ1n) is 7.85. The minimum atomic E-state index is -3.82. The van der Waals surface area contributed by atoms with Gasteiger partial charge in [0.2, 0.25) is 15.5 Å². The number of benzene rings is 2. The summed E-state index contributed by atoms with van der Waals surface area (Å²) in [6.07, 6.45) is 1.48. The number of amides is 1. The summed E-state index contributed by atoms with van der Waals surface area (Å²) < 4.78 is 24.0. The Morgan fingerprint density at radius 1 is 1.04 bits per heavy atom. The van der Waals surface area contributed by atoms with Crippen molar-refractivity contribution in [1.82, 2.24) is 9.78 Å². The Morgan fingerprint density at radius 3 is 2.26 bits per heavy atom. The number of hydrogen-bond acceptors (Lipinski definition) is 5. The van der Waals surface area contributed by atoms with Crippen LogP contribution >= 0.6 is 0 Å². The number of rotatable bonds is 4. The normalized spacial score (nSPS) is 11.2. The van der Waals surface area contributed by atoms with Crippen molar-refractivity contribution >= 4 is 21.6 Å². The van der Waals surface area contributed by atoms with Gasteiger partial charge in [-0.2, -0.15) is 5.10 Å². The molecule has 8 nitrogen and oxygen atoms in total. The zero-order valence-corrected chi connectivity index (χ0v) is 15.1. The zero-order valence-electron chi connectivity index (χ0n) is 14.3. The van der Waals surface area contributed by atoms with Crippen LogP contribution < -0.4 is 15.9 Å². The highest BCUT2D eigenvalue weighted by atomic mass is 32.2. The molecule has 27 heavy (non-hydrogen) atoms. The molecule has 1 heterocycles. The Bertz CT molecular complexity index is 1150. The van der Waals surface area contributed by atoms with Crippen LogP contribution in [0.1, 0.15) is 16.1 Å². The molecule has 0 atom stereocenters. The first-order valence-corrected chi connectivity index (χ1v) is 9.40. The second-order valence-electron chi connectivity index (χ2n) is 5.83. The summed E-state index contributed by atoms with van der Waals surface area (Å²) in [5, 5.41) is 11.6. The predicted molar refractivity (Wildman–Crippen MR) is 100 cm³/mol. The first-order chi connectivity index (χ1) is 12.7. The predicted octanol–water partition coefficient (Wildman–Crippen LogP) is 1.44. The van der Waals surface area contributed by atoms with Crippen LogP contribution in [-0.4, -0.2) is 24.1 Å². The summed E-state index contributed by atoms with van der Waals surface area (Å²) in [4.78, 5) is 24.4. The lowest BCUT2D eigenvalue weighted by Gasteiger charge is -2.09. The topological polar surface area (TPSA) is 124 Å². The lowest BCUT2D eigenvalue weighted by molar-refractivity contribution is 0.101. The van der Waals surface area contributed by atoms with Crippen molar-refractivity contribution in [3.8, 4) is 5.69 Å². The summed E-state index contributed by atoms with van der Waals surface area (Å²) in [5.41, 5.74) is 1.26. The molecule has 0 saturated carbocycles. The average molecular weight is 384 g/mol. The van der Waals surface area contributed by atoms with E-state index in [-0.39, 0.29) is 10.6 Å². The van der Waals surface area contributed by atoms with Gasteiger partial charge in [-0.1, -0.05) is 17.7 Å². The number of sulfonamides is 1. The van der Waals surface area contributed by atoms with Gasteiger partial charge in [0.1, 0.15) is 0 Å². The van der Waals surface area contributed by atoms with E-state index in [9.17, 15) is 18.0 Å². The standard InChI is InChI=1S/C18H16N4O4S/c1-12-2-6-14(7-3-12)22-11-10-16(23)17(21-22)18(24)20-13-4-8-15(9-5-13)27(19,25)26/h2-11H,1H3,(H,20,24)(H2,19,25,26). The van der Waals surface area contributed by atoms with Crippen molar-refractivity contribution in [3.05, 3.63) is 82.3 Å². The number of primary sulfonamides is 1. The van der Waals surface area contributed by atoms with Gasteiger partial charge in [0.05, 0.1) is 10.6 Å². The molecule has 1 amide bonds. The van der Waals surface area contributed by atoms with Gasteiger partial charge < -0.3 is 5.32 Å². The van der Waals surface area contributed by atoms with Crippen LogP contribution in [0.15, 0.2) is 70.5 Å². The molecule has 2 aromatic carbocycles. The summed E-state index contributed by atoms with van der Waals surface area (Å²) >= 11 is 0. The van der Waals surface area contributed by atoms with Crippen LogP contribution in [-0.2, 0) is 10.0 Å². The van der Waals surface area contributed by atoms with Crippen molar-refractivity contribution in [1.29, 1.82) is 0 Å². The quantitative estimate of drug-likeness (QED) is 0.704. The van der Waals surface area contributed by atoms with Crippen LogP contribution in [0.5, 0.6) is 0 Å². The molecule has 3 N–H and O–H groups in total. The van der Waals surface area contributed by atoms with E-state index >= 15 is 0 Å². The summed E-state index contributed by atoms with van der Waals surface area (Å²) in [5.74, 6) is -0.704. The minimum absolute atomic E-state index is 0.0833. The van der Waals surface area contributed by atoms with Crippen molar-refractivity contribution in [2.75, 3.05) is 5.32 Å². The monoisotopic (exact) mass is 384 g/mol. The molecular weight excluding hydrogens is 368 g/mol. The van der Waals surface area contributed by atoms with Gasteiger partial charge in [0.15, 0.2) is 5.69 Å². The molecule has 0 unspecified atom stereocenters. The van der Waals surface area contributed by atoms with E-state index in [4.69, 9.17) is 5.14 Å². The maximum absolute atomic E-state index is 12.4. The lowest BCUT2D eigenvalue weighted by atomic mass is 10.2. The Kier molecular flexibility index (Phi) is 4.89. The Labute approximate surface area is 155 Å². The lowest BCUT2D eigenvalue weighted by Crippen LogP contribution is -2.25. The number of hydrogen-bond donors (Lipinski definition) is 2. The van der Waals surface area contributed by atoms with Gasteiger partial charge in [-0.3, -0.25) is 9.59 Å². The summed E-state index contributed by atoms with van der Waals surface area (Å²) in [7, 11) is -3.82. The Morgan fingerprint density at radius 2 is 1.67 bits per heavy atom. The molecule has 0 bridgehead atoms. The highest BCUT2D eigenvalue weighted by Crippen LogP contribution is 2.13. The molecule has 0 radical (unpaired) electrons. The van der Waals surface area contributed by atoms with Crippen LogP contribution in [0, 0.1) is 6.92 Å². The molecule has 0 aliphatic heterocycles. The summed E-state index contributed by atoms with van der Waals surface area (Å²) in [6.45, 7) is 1.95. The molecule has 0 spiro atoms. The Balaban J connectivity index is 1.87. The van der Waals surface area contributed by atoms with Gasteiger partial charge in [0.25, 0.3) is 5.91 Å². The third kappa shape index (κ3) is 4.27. The molecule has 1 aromatic heterocycles. The van der Waals surface area contributed by atoms with Gasteiger partial charge >= 0.3 is 0 Å². The molecule has 0 fully saturated rings. The maximum atomic E-state index is 12.4. The number of aryl methyl sites for hydroxylation is 1. The molecule has 138 valence electrons. The van der Waals surface area contributed by atoms with Gasteiger partial charge in [0, 0.05) is 18.0 Å². The van der Waals surface area contributed by atoms with Gasteiger partial charge in [-0.15, -0.1) is 0 Å². The number of carbonyl (C=O) groups excluding carboxylic acids is 1. The average Bonchev–Trinajstić information content (AvgIpc) is 2.62. The van der Waals surface area contributed by atoms with Gasteiger partial charge in [-0.25, -0.2) is 18.2 Å². The minimum Gasteiger partial charge on any atom is -0.320 e. The van der Waals surface area contributed by atoms with Crippen molar-refractivity contribution in [2.45, 2.75) is 11.8 Å². The third-order valence-corrected chi connectivity index (χ3v) is 4.69. The highest BCUT2D eigenvalue weighted by Gasteiger charge is 2.14. The fraction of sp³-hybridized carbons (Fsp3) is 0.0556. The van der Waals surface area contributed by atoms with Crippen LogP contribution in [0.4, 0.5) is 5.69 Å². The third-order valence-electron chi connectivity index (χ3n) is 3.76. The summed E-state index contributed by atoms with van der Waals surface area (Å²) in [6, 6.07) is 13.9. The Hall–Kier alpha value is -3.30. The number of carbonyl (C=O) groups is 1. The van der Waals surface area contributed by atoms with E-state index in [1.165, 1.54) is 41.2 Å². The molecule has 0 aliphatic carbocycles. The van der Waals surface area contributed by atoms with Gasteiger partial charge in [-0.05, 0) is 43.3 Å². The molecule has 3 rings (SSSR count). The molecule has 3 aromatic rings. The van der Waals surface area contributed by atoms with Crippen LogP contribution in [0.2, 0.25) is 0 Å². The van der Waals surface area contributed by atoms with Crippen LogP contribution in [0.3, 0.4) is 0 Å². The van der Waals surface area contributed by atoms with E-state index in [1.807, 2.05) is 31.2 Å². The highest BCUT2D eigenvalue weighted by molar-refractivity contribution is 7.89. The number of anilines is 1. The second-order valence-corrected chi connectivity index (χ2v) is 7.39. The fourth-order valence-corrected chi connectivity index (χ4v) is 2.84. The number of nitrogens with one attached hydrogen (secondary N) is 1. The second kappa shape index (κ2) is 7.14. The fourth-order valence-electron chi connectivity index (χ4n) is 2.32. The van der Waals surface area contributed by atoms with E-state index in [2.05, 4.69) is 10.4 Å². The molecule has 0 aliphatic rings. The number of nitrogens with two attached hydrogens (primary N) is 1. The van der Waals surface area contributed by atoms with Crippen molar-refractivity contribution in [3.63, 3.8) is 0 Å². The number of aromatic nitrogens is 2. The molecule has 9 heteroatoms. The van der Waals surface area contributed by atoms with E-state index < -0.39 is 21.4 Å². The molecular formula is C18H16N4O4S.